The number of amides is 1. The van der Waals surface area contributed by atoms with Crippen LogP contribution in [-0.4, -0.2) is 89.3 Å². The molecule has 0 heterocycles. The Kier molecular flexibility index (Phi) is 12.8. The first-order valence-electron chi connectivity index (χ1n) is 11.9. The topological polar surface area (TPSA) is 88.6 Å². The predicted molar refractivity (Wildman–Crippen MR) is 146 cm³/mol. The number of carbonyl (C=O) groups is 3. The van der Waals surface area contributed by atoms with Crippen molar-refractivity contribution in [1.82, 2.24) is 9.80 Å². The summed E-state index contributed by atoms with van der Waals surface area (Å²) in [6.07, 6.45) is 0.321. The highest BCUT2D eigenvalue weighted by molar-refractivity contribution is 6.04. The summed E-state index contributed by atoms with van der Waals surface area (Å²) in [4.78, 5) is 41.4. The number of aldehydes is 1. The average Bonchev–Trinajstić information content (AvgIpc) is 2.85. The van der Waals surface area contributed by atoms with E-state index in [2.05, 4.69) is 9.64 Å². The fraction of sp³-hybridized carbons (Fsp3) is 0.464. The van der Waals surface area contributed by atoms with Crippen molar-refractivity contribution >= 4 is 29.7 Å². The van der Waals surface area contributed by atoms with Crippen LogP contribution < -0.4 is 4.90 Å². The van der Waals surface area contributed by atoms with Crippen molar-refractivity contribution in [3.05, 3.63) is 59.2 Å². The molecule has 0 N–H and O–H groups in total. The van der Waals surface area contributed by atoms with Crippen LogP contribution in [0.25, 0.3) is 0 Å². The van der Waals surface area contributed by atoms with E-state index in [1.165, 1.54) is 7.11 Å². The molecule has 0 saturated heterocycles. The van der Waals surface area contributed by atoms with E-state index < -0.39 is 11.6 Å². The number of anilines is 2. The molecule has 2 aromatic rings. The Bertz CT molecular complexity index is 1020. The van der Waals surface area contributed by atoms with Gasteiger partial charge in [0.2, 0.25) is 0 Å². The van der Waals surface area contributed by atoms with Gasteiger partial charge >= 0.3 is 12.1 Å². The van der Waals surface area contributed by atoms with E-state index in [0.717, 1.165) is 11.3 Å². The molecule has 0 bridgehead atoms. The SMILES string of the molecule is COC.COC(=O)c1c(C=O)cccc1N(C)c1ccc(CN(C)CCN(C)C(=O)OC(C)(C)C)cc1. The van der Waals surface area contributed by atoms with Crippen molar-refractivity contribution in [3.63, 3.8) is 0 Å². The third-order valence-electron chi connectivity index (χ3n) is 5.25. The normalized spacial score (nSPS) is 10.8. The van der Waals surface area contributed by atoms with Gasteiger partial charge in [0.1, 0.15) is 5.60 Å². The van der Waals surface area contributed by atoms with Gasteiger partial charge in [-0.2, -0.15) is 0 Å². The van der Waals surface area contributed by atoms with Gasteiger partial charge in [0.15, 0.2) is 6.29 Å². The quantitative estimate of drug-likeness (QED) is 0.353. The van der Waals surface area contributed by atoms with Crippen LogP contribution in [-0.2, 0) is 20.8 Å². The zero-order chi connectivity index (χ0) is 28.2. The number of carbonyl (C=O) groups excluding carboxylic acids is 3. The molecule has 37 heavy (non-hydrogen) atoms. The molecule has 0 saturated carbocycles. The molecule has 0 aliphatic heterocycles. The second-order valence-electron chi connectivity index (χ2n) is 9.62. The molecule has 0 aliphatic rings. The molecule has 0 fully saturated rings. The van der Waals surface area contributed by atoms with E-state index in [-0.39, 0.29) is 17.2 Å². The van der Waals surface area contributed by atoms with Crippen LogP contribution in [0.4, 0.5) is 16.2 Å². The number of ether oxygens (including phenoxy) is 3. The number of methoxy groups -OCH3 is 2. The van der Waals surface area contributed by atoms with Gasteiger partial charge in [-0.05, 0) is 51.6 Å². The van der Waals surface area contributed by atoms with Gasteiger partial charge < -0.3 is 28.9 Å². The van der Waals surface area contributed by atoms with Crippen LogP contribution in [0.2, 0.25) is 0 Å². The van der Waals surface area contributed by atoms with Gasteiger partial charge in [0.25, 0.3) is 0 Å². The standard InChI is InChI=1S/C26H35N3O5.C2H6O/c1-26(2,3)34-25(32)28(5)16-15-27(4)17-19-11-13-21(14-12-19)29(6)22-10-8-9-20(18-30)23(22)24(31)33-7;1-3-2/h8-14,18H,15-17H2,1-7H3;1-2H3. The molecule has 0 aromatic heterocycles. The minimum Gasteiger partial charge on any atom is -0.465 e. The van der Waals surface area contributed by atoms with Crippen molar-refractivity contribution in [2.45, 2.75) is 32.9 Å². The molecule has 0 spiro atoms. The Morgan fingerprint density at radius 1 is 0.919 bits per heavy atom. The summed E-state index contributed by atoms with van der Waals surface area (Å²) in [7, 11) is 10.1. The molecule has 0 atom stereocenters. The summed E-state index contributed by atoms with van der Waals surface area (Å²) in [5, 5.41) is 0. The maximum absolute atomic E-state index is 12.3. The molecule has 0 unspecified atom stereocenters. The first-order chi connectivity index (χ1) is 17.4. The molecular weight excluding hydrogens is 474 g/mol. The lowest BCUT2D eigenvalue weighted by Gasteiger charge is -2.26. The van der Waals surface area contributed by atoms with Gasteiger partial charge in [-0.25, -0.2) is 9.59 Å². The summed E-state index contributed by atoms with van der Waals surface area (Å²) in [5.74, 6) is -0.556. The van der Waals surface area contributed by atoms with Crippen LogP contribution in [0, 0.1) is 0 Å². The van der Waals surface area contributed by atoms with Crippen LogP contribution in [0.1, 0.15) is 47.1 Å². The van der Waals surface area contributed by atoms with Crippen molar-refractivity contribution in [2.75, 3.05) is 60.5 Å². The summed E-state index contributed by atoms with van der Waals surface area (Å²) < 4.78 is 14.5. The number of esters is 1. The molecule has 204 valence electrons. The lowest BCUT2D eigenvalue weighted by atomic mass is 10.0. The number of nitrogens with zero attached hydrogens (tertiary/aromatic N) is 3. The second kappa shape index (κ2) is 15.0. The van der Waals surface area contributed by atoms with Crippen molar-refractivity contribution in [2.24, 2.45) is 0 Å². The highest BCUT2D eigenvalue weighted by Gasteiger charge is 2.21. The number of hydrogen-bond donors (Lipinski definition) is 0. The smallest absolute Gasteiger partial charge is 0.410 e. The maximum atomic E-state index is 12.3. The average molecular weight is 516 g/mol. The van der Waals surface area contributed by atoms with Crippen molar-refractivity contribution in [3.8, 4) is 0 Å². The monoisotopic (exact) mass is 515 g/mol. The summed E-state index contributed by atoms with van der Waals surface area (Å²) in [5.41, 5.74) is 2.56. The molecule has 1 amide bonds. The number of benzene rings is 2. The largest absolute Gasteiger partial charge is 0.465 e. The van der Waals surface area contributed by atoms with E-state index in [9.17, 15) is 14.4 Å². The Morgan fingerprint density at radius 3 is 2.03 bits per heavy atom. The Labute approximate surface area is 220 Å². The lowest BCUT2D eigenvalue weighted by molar-refractivity contribution is 0.0286. The van der Waals surface area contributed by atoms with Crippen molar-refractivity contribution in [1.29, 1.82) is 0 Å². The van der Waals surface area contributed by atoms with Gasteiger partial charge in [-0.15, -0.1) is 0 Å². The number of hydrogen-bond acceptors (Lipinski definition) is 8. The van der Waals surface area contributed by atoms with Gasteiger partial charge in [-0.1, -0.05) is 24.3 Å². The third-order valence-corrected chi connectivity index (χ3v) is 5.25. The molecule has 2 rings (SSSR count). The molecular formula is C28H41N3O6. The van der Waals surface area contributed by atoms with E-state index in [0.29, 0.717) is 31.6 Å². The fourth-order valence-electron chi connectivity index (χ4n) is 3.37. The van der Waals surface area contributed by atoms with E-state index in [1.54, 1.807) is 44.4 Å². The fourth-order valence-corrected chi connectivity index (χ4v) is 3.37. The zero-order valence-corrected chi connectivity index (χ0v) is 23.5. The minimum atomic E-state index is -0.556. The molecule has 2 aromatic carbocycles. The van der Waals surface area contributed by atoms with E-state index >= 15 is 0 Å². The Balaban J connectivity index is 0.00000217. The highest BCUT2D eigenvalue weighted by Crippen LogP contribution is 2.29. The molecule has 9 nitrogen and oxygen atoms in total. The number of rotatable bonds is 9. The van der Waals surface area contributed by atoms with Gasteiger partial charge in [0.05, 0.1) is 18.4 Å². The second-order valence-corrected chi connectivity index (χ2v) is 9.62. The molecule has 9 heteroatoms. The maximum Gasteiger partial charge on any atom is 0.410 e. The van der Waals surface area contributed by atoms with E-state index in [4.69, 9.17) is 9.47 Å². The molecule has 0 radical (unpaired) electrons. The van der Waals surface area contributed by atoms with E-state index in [1.807, 2.05) is 64.0 Å². The minimum absolute atomic E-state index is 0.236. The summed E-state index contributed by atoms with van der Waals surface area (Å²) in [6.45, 7) is 7.50. The van der Waals surface area contributed by atoms with Crippen LogP contribution >= 0.6 is 0 Å². The molecule has 0 aliphatic carbocycles. The predicted octanol–water partition coefficient (Wildman–Crippen LogP) is 4.61. The Morgan fingerprint density at radius 2 is 1.51 bits per heavy atom. The van der Waals surface area contributed by atoms with Crippen LogP contribution in [0.15, 0.2) is 42.5 Å². The summed E-state index contributed by atoms with van der Waals surface area (Å²) >= 11 is 0. The number of likely N-dealkylation sites (N-methyl/N-ethyl adjacent to an activating group) is 2. The third kappa shape index (κ3) is 10.2. The first kappa shape index (κ1) is 31.6. The van der Waals surface area contributed by atoms with Gasteiger partial charge in [-0.3, -0.25) is 4.79 Å². The van der Waals surface area contributed by atoms with Crippen LogP contribution in [0.5, 0.6) is 0 Å². The van der Waals surface area contributed by atoms with Crippen molar-refractivity contribution < 1.29 is 28.6 Å². The highest BCUT2D eigenvalue weighted by atomic mass is 16.6. The summed E-state index contributed by atoms with van der Waals surface area (Å²) in [6, 6.07) is 13.1. The Hall–Kier alpha value is -3.43. The lowest BCUT2D eigenvalue weighted by Crippen LogP contribution is -2.38. The van der Waals surface area contributed by atoms with Gasteiger partial charge in [0, 0.05) is 59.2 Å². The first-order valence-corrected chi connectivity index (χ1v) is 11.9. The van der Waals surface area contributed by atoms with Crippen LogP contribution in [0.3, 0.4) is 0 Å². The zero-order valence-electron chi connectivity index (χ0n) is 23.5.